The van der Waals surface area contributed by atoms with Gasteiger partial charge in [0.1, 0.15) is 0 Å². The lowest BCUT2D eigenvalue weighted by atomic mass is 9.95. The van der Waals surface area contributed by atoms with Crippen molar-refractivity contribution in [2.75, 3.05) is 44.6 Å². The van der Waals surface area contributed by atoms with Crippen molar-refractivity contribution in [3.63, 3.8) is 0 Å². The molecule has 1 N–H and O–H groups in total. The van der Waals surface area contributed by atoms with E-state index >= 15 is 0 Å². The van der Waals surface area contributed by atoms with Gasteiger partial charge in [0.2, 0.25) is 0 Å². The maximum Gasteiger partial charge on any atom is 0.338 e. The Kier molecular flexibility index (Phi) is 7.10. The van der Waals surface area contributed by atoms with Crippen LogP contribution in [0.15, 0.2) is 24.3 Å². The van der Waals surface area contributed by atoms with Crippen molar-refractivity contribution in [3.8, 4) is 0 Å². The van der Waals surface area contributed by atoms with Gasteiger partial charge < -0.3 is 19.9 Å². The third-order valence-corrected chi connectivity index (χ3v) is 5.51. The van der Waals surface area contributed by atoms with E-state index in [1.54, 1.807) is 31.2 Å². The molecule has 27 heavy (non-hydrogen) atoms. The van der Waals surface area contributed by atoms with Crippen molar-refractivity contribution >= 4 is 17.7 Å². The topological polar surface area (TPSA) is 61.9 Å². The number of carbonyl (C=O) groups excluding carboxylic acids is 2. The minimum Gasteiger partial charge on any atom is -0.462 e. The van der Waals surface area contributed by atoms with E-state index in [4.69, 9.17) is 4.74 Å². The summed E-state index contributed by atoms with van der Waals surface area (Å²) in [4.78, 5) is 28.7. The van der Waals surface area contributed by atoms with Gasteiger partial charge in [-0.15, -0.1) is 0 Å². The van der Waals surface area contributed by atoms with Crippen LogP contribution in [0.1, 0.15) is 49.4 Å². The fraction of sp³-hybridized carbons (Fsp3) is 0.619. The lowest BCUT2D eigenvalue weighted by Gasteiger charge is -2.36. The molecule has 2 aliphatic rings. The first kappa shape index (κ1) is 19.7. The summed E-state index contributed by atoms with van der Waals surface area (Å²) in [7, 11) is 0. The molecule has 148 valence electrons. The number of anilines is 1. The van der Waals surface area contributed by atoms with Crippen LogP contribution < -0.4 is 5.32 Å². The molecule has 0 aliphatic carbocycles. The van der Waals surface area contributed by atoms with Crippen molar-refractivity contribution in [1.82, 2.24) is 9.80 Å². The van der Waals surface area contributed by atoms with Gasteiger partial charge in [-0.25, -0.2) is 9.59 Å². The van der Waals surface area contributed by atoms with Gasteiger partial charge in [0.25, 0.3) is 0 Å². The van der Waals surface area contributed by atoms with Crippen molar-refractivity contribution in [3.05, 3.63) is 29.8 Å². The van der Waals surface area contributed by atoms with Gasteiger partial charge >= 0.3 is 12.0 Å². The standard InChI is InChI=1S/C21H31N3O3/c1-2-27-20(25)18-6-8-19(9-7-18)22-21(26)24-14-10-17(11-15-24)16-23-12-4-3-5-13-23/h6-9,17H,2-5,10-16H2,1H3,(H,22,26). The van der Waals surface area contributed by atoms with Gasteiger partial charge in [-0.1, -0.05) is 6.42 Å². The number of hydrogen-bond donors (Lipinski definition) is 1. The van der Waals surface area contributed by atoms with Crippen molar-refractivity contribution in [2.45, 2.75) is 39.0 Å². The highest BCUT2D eigenvalue weighted by molar-refractivity contribution is 5.92. The van der Waals surface area contributed by atoms with Crippen LogP contribution in [0.2, 0.25) is 0 Å². The van der Waals surface area contributed by atoms with E-state index in [1.807, 2.05) is 4.90 Å². The number of esters is 1. The number of likely N-dealkylation sites (tertiary alicyclic amines) is 2. The second kappa shape index (κ2) is 9.74. The highest BCUT2D eigenvalue weighted by Gasteiger charge is 2.25. The summed E-state index contributed by atoms with van der Waals surface area (Å²) >= 11 is 0. The monoisotopic (exact) mass is 373 g/mol. The summed E-state index contributed by atoms with van der Waals surface area (Å²) in [5.41, 5.74) is 1.19. The zero-order chi connectivity index (χ0) is 19.1. The maximum absolute atomic E-state index is 12.5. The second-order valence-electron chi connectivity index (χ2n) is 7.52. The van der Waals surface area contributed by atoms with Gasteiger partial charge in [0, 0.05) is 25.3 Å². The number of benzene rings is 1. The van der Waals surface area contributed by atoms with E-state index < -0.39 is 0 Å². The van der Waals surface area contributed by atoms with E-state index in [0.717, 1.165) is 25.9 Å². The quantitative estimate of drug-likeness (QED) is 0.801. The molecule has 3 rings (SSSR count). The molecule has 1 aromatic rings. The number of urea groups is 1. The number of nitrogens with zero attached hydrogens (tertiary/aromatic N) is 2. The fourth-order valence-corrected chi connectivity index (χ4v) is 3.93. The molecule has 0 saturated carbocycles. The third kappa shape index (κ3) is 5.70. The van der Waals surface area contributed by atoms with E-state index in [9.17, 15) is 9.59 Å². The summed E-state index contributed by atoms with van der Waals surface area (Å²) in [5, 5.41) is 2.93. The molecule has 2 aliphatic heterocycles. The summed E-state index contributed by atoms with van der Waals surface area (Å²) < 4.78 is 4.97. The third-order valence-electron chi connectivity index (χ3n) is 5.51. The smallest absolute Gasteiger partial charge is 0.338 e. The molecule has 1 aromatic carbocycles. The molecule has 2 saturated heterocycles. The predicted octanol–water partition coefficient (Wildman–Crippen LogP) is 3.59. The van der Waals surface area contributed by atoms with Crippen molar-refractivity contribution < 1.29 is 14.3 Å². The Bertz CT molecular complexity index is 618. The first-order valence-corrected chi connectivity index (χ1v) is 10.2. The molecule has 0 aromatic heterocycles. The average molecular weight is 373 g/mol. The number of hydrogen-bond acceptors (Lipinski definition) is 4. The Morgan fingerprint density at radius 2 is 1.70 bits per heavy atom. The number of amides is 2. The van der Waals surface area contributed by atoms with Gasteiger partial charge in [-0.05, 0) is 75.9 Å². The molecule has 2 amide bonds. The van der Waals surface area contributed by atoms with Crippen LogP contribution in [-0.4, -0.2) is 61.1 Å². The van der Waals surface area contributed by atoms with Crippen LogP contribution >= 0.6 is 0 Å². The summed E-state index contributed by atoms with van der Waals surface area (Å²) in [6, 6.07) is 6.78. The fourth-order valence-electron chi connectivity index (χ4n) is 3.93. The lowest BCUT2D eigenvalue weighted by molar-refractivity contribution is 0.0526. The number of carbonyl (C=O) groups is 2. The zero-order valence-corrected chi connectivity index (χ0v) is 16.3. The summed E-state index contributed by atoms with van der Waals surface area (Å²) in [5.74, 6) is 0.363. The van der Waals surface area contributed by atoms with Crippen LogP contribution in [0, 0.1) is 5.92 Å². The Labute approximate surface area is 161 Å². The largest absolute Gasteiger partial charge is 0.462 e. The van der Waals surface area contributed by atoms with Crippen LogP contribution in [0.4, 0.5) is 10.5 Å². The Hall–Kier alpha value is -2.08. The van der Waals surface area contributed by atoms with Crippen LogP contribution in [0.3, 0.4) is 0 Å². The number of rotatable bonds is 5. The summed E-state index contributed by atoms with van der Waals surface area (Å²) in [6.07, 6.45) is 6.18. The average Bonchev–Trinajstić information content (AvgIpc) is 2.70. The molecule has 6 heteroatoms. The van der Waals surface area contributed by atoms with Crippen LogP contribution in [0.5, 0.6) is 0 Å². The molecular formula is C21H31N3O3. The van der Waals surface area contributed by atoms with E-state index in [0.29, 0.717) is 23.8 Å². The highest BCUT2D eigenvalue weighted by Crippen LogP contribution is 2.21. The summed E-state index contributed by atoms with van der Waals surface area (Å²) in [6.45, 7) is 7.42. The Morgan fingerprint density at radius 3 is 2.33 bits per heavy atom. The molecule has 0 spiro atoms. The molecule has 0 unspecified atom stereocenters. The minimum atomic E-state index is -0.342. The molecule has 2 heterocycles. The minimum absolute atomic E-state index is 0.0599. The first-order valence-electron chi connectivity index (χ1n) is 10.2. The Morgan fingerprint density at radius 1 is 1.04 bits per heavy atom. The number of nitrogens with one attached hydrogen (secondary N) is 1. The molecule has 0 bridgehead atoms. The Balaban J connectivity index is 1.43. The van der Waals surface area contributed by atoms with Gasteiger partial charge in [-0.2, -0.15) is 0 Å². The van der Waals surface area contributed by atoms with Gasteiger partial charge in [0.15, 0.2) is 0 Å². The second-order valence-corrected chi connectivity index (χ2v) is 7.52. The lowest BCUT2D eigenvalue weighted by Crippen LogP contribution is -2.44. The van der Waals surface area contributed by atoms with Crippen molar-refractivity contribution in [1.29, 1.82) is 0 Å². The van der Waals surface area contributed by atoms with E-state index in [1.165, 1.54) is 38.9 Å². The van der Waals surface area contributed by atoms with E-state index in [-0.39, 0.29) is 12.0 Å². The van der Waals surface area contributed by atoms with Gasteiger partial charge in [-0.3, -0.25) is 0 Å². The normalized spacial score (nSPS) is 18.9. The predicted molar refractivity (Wildman–Crippen MR) is 106 cm³/mol. The zero-order valence-electron chi connectivity index (χ0n) is 16.3. The number of piperidine rings is 2. The highest BCUT2D eigenvalue weighted by atomic mass is 16.5. The van der Waals surface area contributed by atoms with Crippen LogP contribution in [-0.2, 0) is 4.74 Å². The van der Waals surface area contributed by atoms with Crippen LogP contribution in [0.25, 0.3) is 0 Å². The van der Waals surface area contributed by atoms with Crippen molar-refractivity contribution in [2.24, 2.45) is 5.92 Å². The molecule has 6 nitrogen and oxygen atoms in total. The first-order chi connectivity index (χ1) is 13.2. The molecule has 2 fully saturated rings. The maximum atomic E-state index is 12.5. The number of ether oxygens (including phenoxy) is 1. The molecule has 0 atom stereocenters. The van der Waals surface area contributed by atoms with E-state index in [2.05, 4.69) is 10.2 Å². The SMILES string of the molecule is CCOC(=O)c1ccc(NC(=O)N2CCC(CN3CCCCC3)CC2)cc1. The van der Waals surface area contributed by atoms with Gasteiger partial charge in [0.05, 0.1) is 12.2 Å². The molecule has 0 radical (unpaired) electrons. The molecular weight excluding hydrogens is 342 g/mol.